The maximum Gasteiger partial charge on any atom is 0.246 e. The van der Waals surface area contributed by atoms with Crippen molar-refractivity contribution in [2.24, 2.45) is 0 Å². The summed E-state index contributed by atoms with van der Waals surface area (Å²) in [5.74, 6) is 0.358. The zero-order valence-corrected chi connectivity index (χ0v) is 17.0. The minimum absolute atomic E-state index is 0.277. The van der Waals surface area contributed by atoms with Crippen LogP contribution in [0.5, 0.6) is 0 Å². The zero-order chi connectivity index (χ0) is 20.4. The van der Waals surface area contributed by atoms with Gasteiger partial charge in [0, 0.05) is 57.1 Å². The molecule has 1 aliphatic rings. The summed E-state index contributed by atoms with van der Waals surface area (Å²) in [6, 6.07) is 14.5. The molecule has 0 bridgehead atoms. The summed E-state index contributed by atoms with van der Waals surface area (Å²) in [7, 11) is 6.14. The Morgan fingerprint density at radius 2 is 1.38 bits per heavy atom. The first kappa shape index (κ1) is 19.3. The van der Waals surface area contributed by atoms with Crippen LogP contribution in [0.3, 0.4) is 0 Å². The van der Waals surface area contributed by atoms with Crippen LogP contribution in [0.4, 0.5) is 16.0 Å². The van der Waals surface area contributed by atoms with Gasteiger partial charge < -0.3 is 14.7 Å². The molecule has 6 nitrogen and oxygen atoms in total. The van der Waals surface area contributed by atoms with Crippen molar-refractivity contribution < 1.29 is 4.39 Å². The van der Waals surface area contributed by atoms with Gasteiger partial charge in [0.1, 0.15) is 17.2 Å². The topological polar surface area (TPSA) is 48.4 Å². The normalized spacial score (nSPS) is 14.8. The van der Waals surface area contributed by atoms with Crippen LogP contribution >= 0.6 is 0 Å². The van der Waals surface area contributed by atoms with Crippen LogP contribution in [0.15, 0.2) is 48.5 Å². The molecule has 3 aromatic rings. The van der Waals surface area contributed by atoms with Crippen molar-refractivity contribution in [1.82, 2.24) is 20.1 Å². The molecule has 0 N–H and O–H groups in total. The van der Waals surface area contributed by atoms with Gasteiger partial charge in [0.2, 0.25) is 5.95 Å². The van der Waals surface area contributed by atoms with E-state index in [9.17, 15) is 4.39 Å². The van der Waals surface area contributed by atoms with E-state index >= 15 is 0 Å². The highest BCUT2D eigenvalue weighted by molar-refractivity contribution is 5.78. The van der Waals surface area contributed by atoms with Gasteiger partial charge in [-0.05, 0) is 43.4 Å². The van der Waals surface area contributed by atoms with Crippen molar-refractivity contribution in [3.8, 4) is 22.5 Å². The van der Waals surface area contributed by atoms with Crippen molar-refractivity contribution in [2.75, 3.05) is 57.1 Å². The number of nitrogens with zero attached hydrogens (tertiary/aromatic N) is 6. The van der Waals surface area contributed by atoms with Gasteiger partial charge in [-0.3, -0.25) is 0 Å². The van der Waals surface area contributed by atoms with Crippen molar-refractivity contribution in [1.29, 1.82) is 0 Å². The Morgan fingerprint density at radius 1 is 0.793 bits per heavy atom. The van der Waals surface area contributed by atoms with E-state index in [1.807, 2.05) is 26.2 Å². The molecule has 7 heteroatoms. The van der Waals surface area contributed by atoms with Crippen molar-refractivity contribution in [3.05, 3.63) is 54.3 Å². The molecule has 1 saturated heterocycles. The molecule has 0 saturated carbocycles. The second-order valence-electron chi connectivity index (χ2n) is 7.55. The summed E-state index contributed by atoms with van der Waals surface area (Å²) in [6.07, 6.45) is 0. The number of rotatable bonds is 4. The Kier molecular flexibility index (Phi) is 5.40. The number of aromatic nitrogens is 3. The number of hydrogen-bond acceptors (Lipinski definition) is 6. The van der Waals surface area contributed by atoms with Gasteiger partial charge in [-0.25, -0.2) is 9.37 Å². The molecule has 0 radical (unpaired) electrons. The van der Waals surface area contributed by atoms with E-state index in [4.69, 9.17) is 4.98 Å². The lowest BCUT2D eigenvalue weighted by Crippen LogP contribution is -2.45. The third kappa shape index (κ3) is 4.19. The Balaban J connectivity index is 1.77. The van der Waals surface area contributed by atoms with Crippen molar-refractivity contribution in [2.45, 2.75) is 0 Å². The number of likely N-dealkylation sites (N-methyl/N-ethyl adjacent to an activating group) is 1. The van der Waals surface area contributed by atoms with Crippen LogP contribution < -0.4 is 9.80 Å². The quantitative estimate of drug-likeness (QED) is 0.680. The molecule has 0 atom stereocenters. The van der Waals surface area contributed by atoms with E-state index in [1.165, 1.54) is 12.1 Å². The van der Waals surface area contributed by atoms with E-state index in [0.717, 1.165) is 48.7 Å². The first-order valence-electron chi connectivity index (χ1n) is 9.73. The van der Waals surface area contributed by atoms with Crippen LogP contribution in [0.1, 0.15) is 0 Å². The van der Waals surface area contributed by atoms with Crippen LogP contribution in [0.25, 0.3) is 22.5 Å². The summed E-state index contributed by atoms with van der Waals surface area (Å²) in [5, 5.41) is 8.91. The second-order valence-corrected chi connectivity index (χ2v) is 7.55. The Morgan fingerprint density at radius 3 is 2.00 bits per heavy atom. The molecule has 4 rings (SSSR count). The number of piperazine rings is 1. The molecule has 2 aromatic carbocycles. The van der Waals surface area contributed by atoms with Crippen LogP contribution in [-0.2, 0) is 0 Å². The highest BCUT2D eigenvalue weighted by Crippen LogP contribution is 2.31. The summed E-state index contributed by atoms with van der Waals surface area (Å²) < 4.78 is 13.4. The molecular formula is C22H25FN6. The fourth-order valence-corrected chi connectivity index (χ4v) is 3.38. The highest BCUT2D eigenvalue weighted by atomic mass is 19.1. The molecule has 0 spiro atoms. The predicted molar refractivity (Wildman–Crippen MR) is 115 cm³/mol. The summed E-state index contributed by atoms with van der Waals surface area (Å²) in [6.45, 7) is 3.67. The Bertz CT molecular complexity index is 964. The largest absolute Gasteiger partial charge is 0.378 e. The molecule has 2 heterocycles. The standard InChI is InChI=1S/C22H25FN6/c1-27(2)19-10-6-16(7-11-19)20-21(17-4-8-18(23)9-5-17)25-26-22(24-20)29-14-12-28(3)13-15-29/h4-11H,12-15H2,1-3H3. The average Bonchev–Trinajstić information content (AvgIpc) is 2.75. The fraction of sp³-hybridized carbons (Fsp3) is 0.318. The van der Waals surface area contributed by atoms with E-state index in [1.54, 1.807) is 12.1 Å². The highest BCUT2D eigenvalue weighted by Gasteiger charge is 2.20. The first-order chi connectivity index (χ1) is 14.0. The van der Waals surface area contributed by atoms with Gasteiger partial charge in [-0.1, -0.05) is 12.1 Å². The van der Waals surface area contributed by atoms with Gasteiger partial charge in [0.05, 0.1) is 0 Å². The van der Waals surface area contributed by atoms with Crippen LogP contribution in [0.2, 0.25) is 0 Å². The van der Waals surface area contributed by atoms with E-state index < -0.39 is 0 Å². The summed E-state index contributed by atoms with van der Waals surface area (Å²) >= 11 is 0. The average molecular weight is 392 g/mol. The van der Waals surface area contributed by atoms with Crippen molar-refractivity contribution in [3.63, 3.8) is 0 Å². The third-order valence-electron chi connectivity index (χ3n) is 5.24. The minimum Gasteiger partial charge on any atom is -0.378 e. The molecule has 0 amide bonds. The van der Waals surface area contributed by atoms with Gasteiger partial charge >= 0.3 is 0 Å². The number of benzene rings is 2. The lowest BCUT2D eigenvalue weighted by molar-refractivity contribution is 0.311. The van der Waals surface area contributed by atoms with Gasteiger partial charge in [0.15, 0.2) is 0 Å². The molecule has 150 valence electrons. The van der Waals surface area contributed by atoms with Gasteiger partial charge in [-0.15, -0.1) is 10.2 Å². The van der Waals surface area contributed by atoms with Crippen LogP contribution in [0, 0.1) is 5.82 Å². The maximum atomic E-state index is 13.4. The molecule has 1 fully saturated rings. The Labute approximate surface area is 170 Å². The molecular weight excluding hydrogens is 367 g/mol. The minimum atomic E-state index is -0.277. The van der Waals surface area contributed by atoms with E-state index in [2.05, 4.69) is 44.1 Å². The summed E-state index contributed by atoms with van der Waals surface area (Å²) in [5.41, 5.74) is 4.27. The van der Waals surface area contributed by atoms with Crippen molar-refractivity contribution >= 4 is 11.6 Å². The SMILES string of the molecule is CN1CCN(c2nnc(-c3ccc(F)cc3)c(-c3ccc(N(C)C)cc3)n2)CC1. The molecule has 1 aliphatic heterocycles. The van der Waals surface area contributed by atoms with Crippen LogP contribution in [-0.4, -0.2) is 67.4 Å². The maximum absolute atomic E-state index is 13.4. The zero-order valence-electron chi connectivity index (χ0n) is 17.0. The molecule has 0 aliphatic carbocycles. The molecule has 1 aromatic heterocycles. The fourth-order valence-electron chi connectivity index (χ4n) is 3.38. The van der Waals surface area contributed by atoms with E-state index in [-0.39, 0.29) is 5.82 Å². The van der Waals surface area contributed by atoms with E-state index in [0.29, 0.717) is 11.6 Å². The predicted octanol–water partition coefficient (Wildman–Crippen LogP) is 3.16. The monoisotopic (exact) mass is 392 g/mol. The second kappa shape index (κ2) is 8.13. The third-order valence-corrected chi connectivity index (χ3v) is 5.24. The lowest BCUT2D eigenvalue weighted by atomic mass is 10.0. The van der Waals surface area contributed by atoms with Gasteiger partial charge in [-0.2, -0.15) is 0 Å². The first-order valence-corrected chi connectivity index (χ1v) is 9.73. The summed E-state index contributed by atoms with van der Waals surface area (Å²) in [4.78, 5) is 11.4. The molecule has 0 unspecified atom stereocenters. The number of anilines is 2. The Hall–Kier alpha value is -3.06. The number of hydrogen-bond donors (Lipinski definition) is 0. The number of halogens is 1. The molecule has 29 heavy (non-hydrogen) atoms. The van der Waals surface area contributed by atoms with Gasteiger partial charge in [0.25, 0.3) is 0 Å². The smallest absolute Gasteiger partial charge is 0.246 e. The lowest BCUT2D eigenvalue weighted by Gasteiger charge is -2.32.